The smallest absolute Gasteiger partial charge is 0.243 e. The molecule has 0 saturated carbocycles. The summed E-state index contributed by atoms with van der Waals surface area (Å²) in [4.78, 5) is 114. The number of carbonyl (C=O) groups is 8. The molecule has 416 valence electrons. The van der Waals surface area contributed by atoms with Gasteiger partial charge in [-0.2, -0.15) is 0 Å². The van der Waals surface area contributed by atoms with E-state index in [1.807, 2.05) is 55.4 Å². The summed E-state index contributed by atoms with van der Waals surface area (Å²) < 4.78 is 5.26. The first-order valence-corrected chi connectivity index (χ1v) is 26.0. The quantitative estimate of drug-likeness (QED) is 0.0274. The molecule has 0 bridgehead atoms. The number of anilines is 1. The van der Waals surface area contributed by atoms with Gasteiger partial charge in [0.25, 0.3) is 0 Å². The molecule has 0 unspecified atom stereocenters. The van der Waals surface area contributed by atoms with E-state index in [1.54, 1.807) is 32.0 Å². The number of amides is 8. The number of unbranched alkanes of at least 4 members (excludes halogenated alkanes) is 1. The zero-order valence-corrected chi connectivity index (χ0v) is 45.5. The van der Waals surface area contributed by atoms with Crippen LogP contribution in [0.15, 0.2) is 27.7 Å². The van der Waals surface area contributed by atoms with E-state index >= 15 is 0 Å². The number of carbonyl (C=O) groups excluding carboxylic acids is 8. The average Bonchev–Trinajstić information content (AvgIpc) is 3.67. The normalized spacial score (nSPS) is 14.3. The average molecular weight is 1040 g/mol. The highest BCUT2D eigenvalue weighted by atomic mass is 16.5. The van der Waals surface area contributed by atoms with Gasteiger partial charge in [0.05, 0.1) is 5.39 Å². The minimum atomic E-state index is -1.25. The summed E-state index contributed by atoms with van der Waals surface area (Å²) in [5.41, 5.74) is 23.9. The van der Waals surface area contributed by atoms with E-state index in [0.29, 0.717) is 42.3 Å². The van der Waals surface area contributed by atoms with E-state index in [4.69, 9.17) is 27.5 Å². The van der Waals surface area contributed by atoms with Crippen LogP contribution in [0.25, 0.3) is 11.0 Å². The maximum atomic E-state index is 14.3. The fourth-order valence-electron chi connectivity index (χ4n) is 8.15. The number of nitrogens with two attached hydrogens (primary N) is 4. The van der Waals surface area contributed by atoms with E-state index in [0.717, 1.165) is 0 Å². The topological polar surface area (TPSA) is 375 Å². The zero-order chi connectivity index (χ0) is 55.8. The highest BCUT2D eigenvalue weighted by molar-refractivity contribution is 5.98. The first kappa shape index (κ1) is 63.6. The molecule has 1 heterocycles. The minimum absolute atomic E-state index is 0.0225. The molecule has 2 rings (SSSR count). The summed E-state index contributed by atoms with van der Waals surface area (Å²) >= 11 is 0. The summed E-state index contributed by atoms with van der Waals surface area (Å²) in [5.74, 6) is -5.33. The van der Waals surface area contributed by atoms with Crippen LogP contribution >= 0.6 is 0 Å². The highest BCUT2D eigenvalue weighted by Gasteiger charge is 2.35. The van der Waals surface area contributed by atoms with Crippen molar-refractivity contribution in [2.45, 2.75) is 183 Å². The maximum Gasteiger partial charge on any atom is 0.243 e. The third kappa shape index (κ3) is 23.1. The van der Waals surface area contributed by atoms with Crippen LogP contribution in [0.5, 0.6) is 0 Å². The molecule has 74 heavy (non-hydrogen) atoms. The van der Waals surface area contributed by atoms with Crippen molar-refractivity contribution >= 4 is 70.0 Å². The number of aliphatic imine (C=N–C) groups is 1. The number of hydrogen-bond acceptors (Lipinski definition) is 13. The number of aromatic nitrogens is 1. The molecule has 0 radical (unpaired) electrons. The van der Waals surface area contributed by atoms with E-state index in [-0.39, 0.29) is 87.1 Å². The lowest BCUT2D eigenvalue weighted by molar-refractivity contribution is -0.136. The third-order valence-electron chi connectivity index (χ3n) is 11.9. The molecule has 0 saturated heterocycles. The second kappa shape index (κ2) is 31.9. The lowest BCUT2D eigenvalue weighted by Gasteiger charge is -2.30. The number of benzene rings is 1. The molecule has 8 amide bonds. The van der Waals surface area contributed by atoms with Crippen LogP contribution < -0.4 is 65.5 Å². The van der Waals surface area contributed by atoms with Gasteiger partial charge in [0, 0.05) is 20.0 Å². The Morgan fingerprint density at radius 3 is 1.45 bits per heavy atom. The van der Waals surface area contributed by atoms with Crippen LogP contribution in [0.4, 0.5) is 5.82 Å². The molecule has 2 aromatic rings. The molecule has 0 spiro atoms. The van der Waals surface area contributed by atoms with Gasteiger partial charge in [0.2, 0.25) is 47.3 Å². The molecule has 23 heteroatoms. The predicted molar refractivity (Wildman–Crippen MR) is 285 cm³/mol. The van der Waals surface area contributed by atoms with Gasteiger partial charge in [-0.3, -0.25) is 43.3 Å². The van der Waals surface area contributed by atoms with E-state index in [9.17, 15) is 38.4 Å². The summed E-state index contributed by atoms with van der Waals surface area (Å²) in [6.07, 6.45) is 2.52. The van der Waals surface area contributed by atoms with Crippen LogP contribution in [0.3, 0.4) is 0 Å². The van der Waals surface area contributed by atoms with Gasteiger partial charge in [-0.25, -0.2) is 0 Å². The summed E-state index contributed by atoms with van der Waals surface area (Å²) in [6.45, 7) is 20.4. The zero-order valence-electron chi connectivity index (χ0n) is 45.5. The van der Waals surface area contributed by atoms with E-state index < -0.39 is 95.5 Å². The summed E-state index contributed by atoms with van der Waals surface area (Å²) in [7, 11) is 0. The molecule has 1 aromatic carbocycles. The Balaban J connectivity index is 2.38. The van der Waals surface area contributed by atoms with Gasteiger partial charge < -0.3 is 70.0 Å². The molecular formula is C51H88N14O9. The molecule has 23 nitrogen and oxygen atoms in total. The standard InChI is InChI=1S/C51H88N14O9/c1-27(2)21-37(58-32(11)66)46(69)61-39(23-29(5)6)48(71)63-40(24-30(7)8)49(72)62-38(22-28(3)4)47(70)59-36(16-14-20-56-51(54)55)45(68)64-42(31(9)10)50(73)60-35(15-12-13-19-52)44(67)57-26-33-17-18-34-41(25-33)74-65-43(34)53/h17-18,25,27-31,35-40,42H,12-16,19-24,26,52H2,1-11H3,(H2,53,65)(H,57,67)(H,58,66)(H,59,70)(H,60,73)(H,61,69)(H,62,72)(H,63,71)(H,64,68)(H4,54,55,56)/t35-,36-,37+,38-,39-,40-,42-/m0/s1. The molecule has 7 atom stereocenters. The Morgan fingerprint density at radius 2 is 1.00 bits per heavy atom. The number of hydrogen-bond donors (Lipinski definition) is 12. The Hall–Kier alpha value is -6.52. The van der Waals surface area contributed by atoms with Gasteiger partial charge in [0.1, 0.15) is 42.3 Å². The number of nitrogens with zero attached hydrogens (tertiary/aromatic N) is 2. The lowest BCUT2D eigenvalue weighted by atomic mass is 9.97. The van der Waals surface area contributed by atoms with Crippen molar-refractivity contribution in [3.05, 3.63) is 23.8 Å². The highest BCUT2D eigenvalue weighted by Crippen LogP contribution is 2.21. The van der Waals surface area contributed by atoms with Gasteiger partial charge in [-0.05, 0) is 112 Å². The van der Waals surface area contributed by atoms with Crippen molar-refractivity contribution in [3.63, 3.8) is 0 Å². The fraction of sp³-hybridized carbons (Fsp3) is 0.686. The van der Waals surface area contributed by atoms with Crippen LogP contribution in [-0.2, 0) is 44.9 Å². The van der Waals surface area contributed by atoms with Gasteiger partial charge >= 0.3 is 0 Å². The van der Waals surface area contributed by atoms with Crippen molar-refractivity contribution < 1.29 is 42.9 Å². The number of rotatable bonds is 33. The Morgan fingerprint density at radius 1 is 0.568 bits per heavy atom. The van der Waals surface area contributed by atoms with Crippen molar-refractivity contribution in [2.75, 3.05) is 18.8 Å². The SMILES string of the molecule is CC(=O)N[C@H](CC(C)C)C(=O)N[C@@H](CC(C)C)C(=O)N[C@@H](CC(C)C)C(=O)N[C@@H](CC(C)C)C(=O)N[C@@H](CCCN=C(N)N)C(=O)N[C@H](C(=O)N[C@@H](CCCCN)C(=O)NCc1ccc2c(N)noc2c1)C(C)C. The van der Waals surface area contributed by atoms with E-state index in [2.05, 4.69) is 52.7 Å². The van der Waals surface area contributed by atoms with Crippen LogP contribution in [0, 0.1) is 29.6 Å². The number of guanidine groups is 1. The van der Waals surface area contributed by atoms with Crippen molar-refractivity contribution in [1.82, 2.24) is 47.7 Å². The molecule has 0 aliphatic carbocycles. The van der Waals surface area contributed by atoms with Crippen LogP contribution in [0.2, 0.25) is 0 Å². The minimum Gasteiger partial charge on any atom is -0.380 e. The maximum absolute atomic E-state index is 14.3. The van der Waals surface area contributed by atoms with Gasteiger partial charge in [0.15, 0.2) is 17.4 Å². The van der Waals surface area contributed by atoms with Crippen molar-refractivity contribution in [1.29, 1.82) is 0 Å². The number of nitrogen functional groups attached to an aromatic ring is 1. The van der Waals surface area contributed by atoms with Crippen LogP contribution in [-0.4, -0.2) is 114 Å². The summed E-state index contributed by atoms with van der Waals surface area (Å²) in [6, 6.07) is -2.44. The van der Waals surface area contributed by atoms with Gasteiger partial charge in [-0.1, -0.05) is 80.5 Å². The van der Waals surface area contributed by atoms with Gasteiger partial charge in [-0.15, -0.1) is 0 Å². The molecule has 16 N–H and O–H groups in total. The number of nitrogens with one attached hydrogen (secondary N) is 8. The summed E-state index contributed by atoms with van der Waals surface area (Å²) in [5, 5.41) is 26.8. The molecular weight excluding hydrogens is 953 g/mol. The molecule has 0 aliphatic heterocycles. The predicted octanol–water partition coefficient (Wildman–Crippen LogP) is 1.46. The van der Waals surface area contributed by atoms with Crippen molar-refractivity contribution in [2.24, 2.45) is 51.8 Å². The van der Waals surface area contributed by atoms with E-state index in [1.165, 1.54) is 6.92 Å². The largest absolute Gasteiger partial charge is 0.380 e. The number of fused-ring (bicyclic) bond motifs is 1. The Bertz CT molecular complexity index is 2190. The van der Waals surface area contributed by atoms with Crippen molar-refractivity contribution in [3.8, 4) is 0 Å². The molecule has 0 aliphatic rings. The fourth-order valence-corrected chi connectivity index (χ4v) is 8.15. The second-order valence-electron chi connectivity index (χ2n) is 21.2. The Kier molecular flexibility index (Phi) is 27.4. The third-order valence-corrected chi connectivity index (χ3v) is 11.9. The molecule has 1 aromatic heterocycles. The second-order valence-corrected chi connectivity index (χ2v) is 21.2. The molecule has 0 fully saturated rings. The Labute approximate surface area is 436 Å². The lowest BCUT2D eigenvalue weighted by Crippen LogP contribution is -2.61. The van der Waals surface area contributed by atoms with Crippen LogP contribution in [0.1, 0.15) is 140 Å². The monoisotopic (exact) mass is 1040 g/mol. The first-order valence-electron chi connectivity index (χ1n) is 26.0. The first-order chi connectivity index (χ1) is 34.7.